The number of carbonyl (C=O) groups is 1. The number of likely N-dealkylation sites (tertiary alicyclic amines) is 2. The van der Waals surface area contributed by atoms with Crippen molar-refractivity contribution in [3.8, 4) is 6.01 Å². The molecule has 2 aliphatic heterocycles. The molecule has 2 aromatic heterocycles. The highest BCUT2D eigenvalue weighted by atomic mass is 19.1. The third-order valence-corrected chi connectivity index (χ3v) is 8.35. The molecule has 10 nitrogen and oxygen atoms in total. The molecule has 2 saturated heterocycles. The fraction of sp³-hybridized carbons (Fsp3) is 0.548. The normalized spacial score (nSPS) is 19.7. The van der Waals surface area contributed by atoms with Gasteiger partial charge in [-0.3, -0.25) is 9.69 Å². The van der Waals surface area contributed by atoms with E-state index in [1.807, 2.05) is 4.90 Å². The average molecular weight is 580 g/mol. The average Bonchev–Trinajstić information content (AvgIpc) is 3.43. The monoisotopic (exact) mass is 579 g/mol. The molecule has 226 valence electrons. The van der Waals surface area contributed by atoms with Crippen LogP contribution in [0.15, 0.2) is 37.1 Å². The lowest BCUT2D eigenvalue weighted by atomic mass is 9.89. The predicted molar refractivity (Wildman–Crippen MR) is 159 cm³/mol. The summed E-state index contributed by atoms with van der Waals surface area (Å²) < 4.78 is 22.7. The van der Waals surface area contributed by atoms with Crippen molar-refractivity contribution in [3.63, 3.8) is 0 Å². The molecular weight excluding hydrogens is 537 g/mol. The van der Waals surface area contributed by atoms with Gasteiger partial charge < -0.3 is 20.1 Å². The number of fused-ring (bicyclic) bond motifs is 1. The largest absolute Gasteiger partial charge is 0.460 e. The minimum absolute atomic E-state index is 0.00554. The van der Waals surface area contributed by atoms with Gasteiger partial charge in [-0.05, 0) is 61.9 Å². The molecule has 1 aromatic carbocycles. The number of hydrogen-bond donors (Lipinski definition) is 2. The molecule has 42 heavy (non-hydrogen) atoms. The van der Waals surface area contributed by atoms with E-state index in [2.05, 4.69) is 47.8 Å². The number of anilines is 1. The SMILES string of the molecule is C=CC(O)N1CCCC(C(=O)Cc2cc(CNc3nc(OC4CCN(C)CC4)nc4c(C(C)C)cnn34)ccc2F)C1. The van der Waals surface area contributed by atoms with E-state index in [0.717, 1.165) is 49.9 Å². The summed E-state index contributed by atoms with van der Waals surface area (Å²) >= 11 is 0. The summed E-state index contributed by atoms with van der Waals surface area (Å²) in [6, 6.07) is 5.16. The van der Waals surface area contributed by atoms with E-state index in [1.165, 1.54) is 12.1 Å². The van der Waals surface area contributed by atoms with Gasteiger partial charge in [0.25, 0.3) is 0 Å². The molecule has 11 heteroatoms. The first-order chi connectivity index (χ1) is 20.2. The maximum atomic E-state index is 14.8. The molecule has 2 atom stereocenters. The van der Waals surface area contributed by atoms with Gasteiger partial charge in [0.1, 0.15) is 23.9 Å². The third kappa shape index (κ3) is 6.96. The second kappa shape index (κ2) is 13.3. The van der Waals surface area contributed by atoms with E-state index in [-0.39, 0.29) is 30.1 Å². The van der Waals surface area contributed by atoms with E-state index in [0.29, 0.717) is 42.8 Å². The third-order valence-electron chi connectivity index (χ3n) is 8.35. The summed E-state index contributed by atoms with van der Waals surface area (Å²) in [6.07, 6.45) is 5.91. The summed E-state index contributed by atoms with van der Waals surface area (Å²) in [5.41, 5.74) is 2.87. The molecule has 3 aromatic rings. The van der Waals surface area contributed by atoms with Crippen molar-refractivity contribution in [2.24, 2.45) is 5.92 Å². The summed E-state index contributed by atoms with van der Waals surface area (Å²) in [6.45, 7) is 11.3. The molecule has 0 amide bonds. The Bertz CT molecular complexity index is 1400. The Morgan fingerprint density at radius 2 is 2.02 bits per heavy atom. The summed E-state index contributed by atoms with van der Waals surface area (Å²) in [5.74, 6) is 0.0280. The number of rotatable bonds is 11. The summed E-state index contributed by atoms with van der Waals surface area (Å²) in [4.78, 5) is 26.6. The minimum atomic E-state index is -0.776. The van der Waals surface area contributed by atoms with E-state index >= 15 is 0 Å². The smallest absolute Gasteiger partial charge is 0.322 e. The number of Topliss-reactive ketones (excluding diaryl/α,β-unsaturated/α-hetero) is 1. The Morgan fingerprint density at radius 3 is 2.76 bits per heavy atom. The van der Waals surface area contributed by atoms with Gasteiger partial charge in [0.15, 0.2) is 5.65 Å². The first-order valence-electron chi connectivity index (χ1n) is 14.9. The molecule has 0 spiro atoms. The Hall–Kier alpha value is -3.41. The Kier molecular flexibility index (Phi) is 9.50. The van der Waals surface area contributed by atoms with Crippen LogP contribution in [-0.2, 0) is 17.8 Å². The van der Waals surface area contributed by atoms with Gasteiger partial charge >= 0.3 is 6.01 Å². The van der Waals surface area contributed by atoms with Crippen LogP contribution in [0.1, 0.15) is 62.1 Å². The Morgan fingerprint density at radius 1 is 1.24 bits per heavy atom. The molecule has 2 fully saturated rings. The lowest BCUT2D eigenvalue weighted by Crippen LogP contribution is -2.44. The second-order valence-corrected chi connectivity index (χ2v) is 11.8. The standard InChI is InChI=1S/C31H42FN7O3/c1-5-28(41)38-12-6-7-22(19-38)27(40)16-23-15-21(8-9-26(23)32)17-33-30-36-31(42-24-10-13-37(4)14-11-24)35-29-25(20(2)3)18-34-39(29)30/h5,8-9,15,18,20,22,24,28,41H,1,6-7,10-14,16-17,19H2,2-4H3,(H,33,35,36). The summed E-state index contributed by atoms with van der Waals surface area (Å²) in [5, 5.41) is 18.0. The zero-order valence-corrected chi connectivity index (χ0v) is 24.8. The van der Waals surface area contributed by atoms with Crippen molar-refractivity contribution in [2.75, 3.05) is 38.5 Å². The number of nitrogens with zero attached hydrogens (tertiary/aromatic N) is 6. The quantitative estimate of drug-likeness (QED) is 0.328. The number of aromatic nitrogens is 4. The second-order valence-electron chi connectivity index (χ2n) is 11.8. The molecule has 0 saturated carbocycles. The topological polar surface area (TPSA) is 108 Å². The van der Waals surface area contributed by atoms with Gasteiger partial charge in [-0.1, -0.05) is 32.6 Å². The highest BCUT2D eigenvalue weighted by Crippen LogP contribution is 2.25. The van der Waals surface area contributed by atoms with Crippen LogP contribution in [0.5, 0.6) is 6.01 Å². The fourth-order valence-electron chi connectivity index (χ4n) is 5.75. The van der Waals surface area contributed by atoms with E-state index in [4.69, 9.17) is 9.72 Å². The zero-order chi connectivity index (χ0) is 29.8. The van der Waals surface area contributed by atoms with Gasteiger partial charge in [-0.15, -0.1) is 0 Å². The Labute approximate surface area is 246 Å². The molecule has 0 radical (unpaired) electrons. The molecule has 5 rings (SSSR count). The molecule has 2 aliphatic rings. The number of carbonyl (C=O) groups excluding carboxylic acids is 1. The number of piperidine rings is 2. The number of halogens is 1. The number of aliphatic hydroxyl groups excluding tert-OH is 1. The van der Waals surface area contributed by atoms with Crippen LogP contribution in [-0.4, -0.2) is 85.8 Å². The highest BCUT2D eigenvalue weighted by molar-refractivity contribution is 5.83. The van der Waals surface area contributed by atoms with Crippen LogP contribution in [0.3, 0.4) is 0 Å². The molecule has 2 unspecified atom stereocenters. The molecule has 2 N–H and O–H groups in total. The van der Waals surface area contributed by atoms with E-state index in [1.54, 1.807) is 22.8 Å². The molecule has 4 heterocycles. The number of nitrogens with one attached hydrogen (secondary N) is 1. The van der Waals surface area contributed by atoms with Gasteiger partial charge in [0, 0.05) is 50.6 Å². The van der Waals surface area contributed by atoms with E-state index < -0.39 is 12.0 Å². The van der Waals surface area contributed by atoms with Gasteiger partial charge in [0.05, 0.1) is 6.20 Å². The van der Waals surface area contributed by atoms with Crippen molar-refractivity contribution >= 4 is 17.4 Å². The molecular formula is C31H42FN7O3. The number of benzene rings is 1. The van der Waals surface area contributed by atoms with Crippen molar-refractivity contribution in [3.05, 3.63) is 59.6 Å². The minimum Gasteiger partial charge on any atom is -0.460 e. The molecule has 0 bridgehead atoms. The maximum Gasteiger partial charge on any atom is 0.322 e. The highest BCUT2D eigenvalue weighted by Gasteiger charge is 2.28. The first kappa shape index (κ1) is 30.1. The van der Waals surface area contributed by atoms with Crippen molar-refractivity contribution in [2.45, 2.75) is 70.7 Å². The fourth-order valence-corrected chi connectivity index (χ4v) is 5.75. The maximum absolute atomic E-state index is 14.8. The van der Waals surface area contributed by atoms with Crippen molar-refractivity contribution in [1.82, 2.24) is 29.4 Å². The predicted octanol–water partition coefficient (Wildman–Crippen LogP) is 3.80. The van der Waals surface area contributed by atoms with Crippen molar-refractivity contribution in [1.29, 1.82) is 0 Å². The van der Waals surface area contributed by atoms with Crippen LogP contribution in [0.2, 0.25) is 0 Å². The first-order valence-corrected chi connectivity index (χ1v) is 14.9. The van der Waals surface area contributed by atoms with E-state index in [9.17, 15) is 14.3 Å². The number of hydrogen-bond acceptors (Lipinski definition) is 9. The van der Waals surface area contributed by atoms with Gasteiger partial charge in [-0.2, -0.15) is 19.6 Å². The van der Waals surface area contributed by atoms with Crippen LogP contribution in [0.25, 0.3) is 5.65 Å². The Balaban J connectivity index is 1.31. The molecule has 0 aliphatic carbocycles. The number of aliphatic hydroxyl groups is 1. The lowest BCUT2D eigenvalue weighted by Gasteiger charge is -2.34. The number of ether oxygens (including phenoxy) is 1. The van der Waals surface area contributed by atoms with Crippen LogP contribution in [0.4, 0.5) is 10.3 Å². The van der Waals surface area contributed by atoms with Gasteiger partial charge in [0.2, 0.25) is 5.95 Å². The van der Waals surface area contributed by atoms with Crippen molar-refractivity contribution < 1.29 is 19.0 Å². The summed E-state index contributed by atoms with van der Waals surface area (Å²) in [7, 11) is 2.11. The van der Waals surface area contributed by atoms with Crippen LogP contribution >= 0.6 is 0 Å². The lowest BCUT2D eigenvalue weighted by molar-refractivity contribution is -0.125. The number of ketones is 1. The van der Waals surface area contributed by atoms with Gasteiger partial charge in [-0.25, -0.2) is 4.39 Å². The zero-order valence-electron chi connectivity index (χ0n) is 24.8. The van der Waals surface area contributed by atoms with Crippen LogP contribution in [0, 0.1) is 11.7 Å². The van der Waals surface area contributed by atoms with Crippen LogP contribution < -0.4 is 10.1 Å².